The molecule has 2 atom stereocenters. The molecular weight excluding hydrogens is 678 g/mol. The Bertz CT molecular complexity index is 1760. The first-order valence-corrected chi connectivity index (χ1v) is 17.3. The van der Waals surface area contributed by atoms with Crippen molar-refractivity contribution in [1.82, 2.24) is 26.8 Å². The lowest BCUT2D eigenvalue weighted by molar-refractivity contribution is -0.145. The van der Waals surface area contributed by atoms with Crippen molar-refractivity contribution in [3.63, 3.8) is 0 Å². The summed E-state index contributed by atoms with van der Waals surface area (Å²) in [7, 11) is 1.24. The average molecular weight is 724 g/mol. The number of para-hydroxylation sites is 1. The normalized spacial score (nSPS) is 11.6. The third kappa shape index (κ3) is 14.9. The van der Waals surface area contributed by atoms with E-state index in [4.69, 9.17) is 14.2 Å². The topological polar surface area (TPSA) is 173 Å². The Labute approximate surface area is 308 Å². The molecule has 0 aliphatic heterocycles. The number of benzene rings is 4. The lowest BCUT2D eigenvalue weighted by atomic mass is 10.1. The monoisotopic (exact) mass is 723 g/mol. The van der Waals surface area contributed by atoms with Crippen LogP contribution in [-0.2, 0) is 48.1 Å². The standard InChI is InChI=1S/C40H45N5O8/c1-51-39(49)35(25-29-14-5-2-6-15-29)44-37(47)27-42-45-38(48)34(22-11-12-23-41-40(50)52-28-30-16-7-3-8-17-30)43-36(46)26-31-18-13-21-33(24-31)53-32-19-9-4-10-20-32/h2-10,13-21,24,34-35,42H,11-12,22-23,25-28H2,1H3,(H,41,50)(H,43,46)(H,44,47)(H,45,48)/t34?,35-/m0/s1. The molecule has 0 saturated heterocycles. The number of ether oxygens (including phenoxy) is 3. The number of carbonyl (C=O) groups excluding carboxylic acids is 5. The molecule has 4 aromatic carbocycles. The highest BCUT2D eigenvalue weighted by molar-refractivity contribution is 5.89. The second-order valence-corrected chi connectivity index (χ2v) is 12.0. The average Bonchev–Trinajstić information content (AvgIpc) is 3.17. The van der Waals surface area contributed by atoms with Gasteiger partial charge in [-0.25, -0.2) is 15.0 Å². The lowest BCUT2D eigenvalue weighted by Gasteiger charge is -2.20. The van der Waals surface area contributed by atoms with Crippen LogP contribution in [-0.4, -0.2) is 62.1 Å². The highest BCUT2D eigenvalue weighted by Crippen LogP contribution is 2.22. The molecule has 13 heteroatoms. The number of hydrogen-bond acceptors (Lipinski definition) is 9. The molecule has 278 valence electrons. The minimum absolute atomic E-state index is 0.0171. The maximum Gasteiger partial charge on any atom is 0.407 e. The summed E-state index contributed by atoms with van der Waals surface area (Å²) in [4.78, 5) is 63.6. The summed E-state index contributed by atoms with van der Waals surface area (Å²) in [5.41, 5.74) is 7.45. The zero-order chi connectivity index (χ0) is 37.7. The molecule has 1 unspecified atom stereocenters. The van der Waals surface area contributed by atoms with Crippen LogP contribution in [0.25, 0.3) is 0 Å². The van der Waals surface area contributed by atoms with Crippen molar-refractivity contribution in [3.05, 3.63) is 132 Å². The Morgan fingerprint density at radius 1 is 0.660 bits per heavy atom. The van der Waals surface area contributed by atoms with Crippen molar-refractivity contribution in [2.24, 2.45) is 0 Å². The third-order valence-electron chi connectivity index (χ3n) is 7.86. The molecule has 4 rings (SSSR count). The summed E-state index contributed by atoms with van der Waals surface area (Å²) in [5.74, 6) is -0.917. The quantitative estimate of drug-likeness (QED) is 0.0511. The van der Waals surface area contributed by atoms with Gasteiger partial charge in [0, 0.05) is 13.0 Å². The number of hydrazine groups is 1. The van der Waals surface area contributed by atoms with Crippen LogP contribution in [0.3, 0.4) is 0 Å². The molecule has 0 heterocycles. The van der Waals surface area contributed by atoms with Gasteiger partial charge in [0.25, 0.3) is 5.91 Å². The largest absolute Gasteiger partial charge is 0.467 e. The van der Waals surface area contributed by atoms with Crippen molar-refractivity contribution >= 4 is 29.8 Å². The van der Waals surface area contributed by atoms with Gasteiger partial charge in [0.1, 0.15) is 30.2 Å². The van der Waals surface area contributed by atoms with E-state index in [9.17, 15) is 24.0 Å². The van der Waals surface area contributed by atoms with Gasteiger partial charge in [0.05, 0.1) is 20.1 Å². The van der Waals surface area contributed by atoms with Gasteiger partial charge in [-0.3, -0.25) is 19.8 Å². The Morgan fingerprint density at radius 2 is 1.28 bits per heavy atom. The number of alkyl carbamates (subject to hydrolysis) is 1. The van der Waals surface area contributed by atoms with E-state index in [1.165, 1.54) is 7.11 Å². The molecule has 0 spiro atoms. The molecule has 0 aromatic heterocycles. The van der Waals surface area contributed by atoms with Crippen LogP contribution in [0.5, 0.6) is 11.5 Å². The number of unbranched alkanes of at least 4 members (excludes halogenated alkanes) is 1. The zero-order valence-electron chi connectivity index (χ0n) is 29.5. The fourth-order valence-corrected chi connectivity index (χ4v) is 5.21. The molecule has 0 bridgehead atoms. The Kier molecular flexibility index (Phi) is 16.3. The number of carbonyl (C=O) groups is 5. The SMILES string of the molecule is COC(=O)[C@H](Cc1ccccc1)NC(=O)CNNC(=O)C(CCCCNC(=O)OCc1ccccc1)NC(=O)Cc1cccc(Oc2ccccc2)c1. The highest BCUT2D eigenvalue weighted by atomic mass is 16.5. The number of hydrogen-bond donors (Lipinski definition) is 5. The number of methoxy groups -OCH3 is 1. The van der Waals surface area contributed by atoms with E-state index in [2.05, 4.69) is 26.8 Å². The van der Waals surface area contributed by atoms with Gasteiger partial charge in [-0.2, -0.15) is 0 Å². The first kappa shape index (κ1) is 39.6. The van der Waals surface area contributed by atoms with Crippen molar-refractivity contribution < 1.29 is 38.2 Å². The van der Waals surface area contributed by atoms with E-state index in [-0.39, 0.29) is 32.4 Å². The van der Waals surface area contributed by atoms with Crippen LogP contribution in [0.15, 0.2) is 115 Å². The van der Waals surface area contributed by atoms with Crippen molar-refractivity contribution in [2.75, 3.05) is 20.2 Å². The Morgan fingerprint density at radius 3 is 1.98 bits per heavy atom. The molecular formula is C40H45N5O8. The van der Waals surface area contributed by atoms with Crippen LogP contribution in [0, 0.1) is 0 Å². The minimum Gasteiger partial charge on any atom is -0.467 e. The van der Waals surface area contributed by atoms with Crippen molar-refractivity contribution in [1.29, 1.82) is 0 Å². The summed E-state index contributed by atoms with van der Waals surface area (Å²) in [5, 5.41) is 8.10. The fraction of sp³-hybridized carbons (Fsp3) is 0.275. The predicted octanol–water partition coefficient (Wildman–Crippen LogP) is 4.12. The second-order valence-electron chi connectivity index (χ2n) is 12.0. The molecule has 0 aliphatic carbocycles. The molecule has 0 saturated carbocycles. The third-order valence-corrected chi connectivity index (χ3v) is 7.86. The van der Waals surface area contributed by atoms with Crippen LogP contribution in [0.4, 0.5) is 4.79 Å². The number of rotatable bonds is 20. The predicted molar refractivity (Wildman–Crippen MR) is 197 cm³/mol. The summed E-state index contributed by atoms with van der Waals surface area (Å²) >= 11 is 0. The van der Waals surface area contributed by atoms with Crippen molar-refractivity contribution in [2.45, 2.75) is 50.8 Å². The maximum absolute atomic E-state index is 13.3. The number of amides is 4. The van der Waals surface area contributed by atoms with Crippen LogP contribution >= 0.6 is 0 Å². The summed E-state index contributed by atoms with van der Waals surface area (Å²) in [6.07, 6.45) is 0.863. The van der Waals surface area contributed by atoms with Crippen LogP contribution < -0.4 is 31.5 Å². The summed E-state index contributed by atoms with van der Waals surface area (Å²) in [6.45, 7) is 0.0917. The van der Waals surface area contributed by atoms with Gasteiger partial charge in [-0.15, -0.1) is 0 Å². The smallest absolute Gasteiger partial charge is 0.407 e. The van der Waals surface area contributed by atoms with Crippen LogP contribution in [0.2, 0.25) is 0 Å². The zero-order valence-corrected chi connectivity index (χ0v) is 29.5. The van der Waals surface area contributed by atoms with E-state index in [1.54, 1.807) is 24.3 Å². The highest BCUT2D eigenvalue weighted by Gasteiger charge is 2.23. The molecule has 4 amide bonds. The fourth-order valence-electron chi connectivity index (χ4n) is 5.21. The molecule has 53 heavy (non-hydrogen) atoms. The van der Waals surface area contributed by atoms with Gasteiger partial charge in [-0.1, -0.05) is 91.0 Å². The van der Waals surface area contributed by atoms with Gasteiger partial charge in [-0.05, 0) is 60.2 Å². The minimum atomic E-state index is -0.965. The Hall–Kier alpha value is -6.21. The maximum atomic E-state index is 13.3. The number of nitrogens with one attached hydrogen (secondary N) is 5. The summed E-state index contributed by atoms with van der Waals surface area (Å²) < 4.78 is 16.0. The molecule has 13 nitrogen and oxygen atoms in total. The van der Waals surface area contributed by atoms with Gasteiger partial charge in [0.15, 0.2) is 0 Å². The number of esters is 1. The molecule has 4 aromatic rings. The van der Waals surface area contributed by atoms with E-state index in [0.717, 1.165) is 11.1 Å². The lowest BCUT2D eigenvalue weighted by Crippen LogP contribution is -2.54. The van der Waals surface area contributed by atoms with Crippen molar-refractivity contribution in [3.8, 4) is 11.5 Å². The molecule has 0 aliphatic rings. The molecule has 0 fully saturated rings. The molecule has 5 N–H and O–H groups in total. The first-order chi connectivity index (χ1) is 25.8. The van der Waals surface area contributed by atoms with Gasteiger partial charge >= 0.3 is 12.1 Å². The molecule has 0 radical (unpaired) electrons. The van der Waals surface area contributed by atoms with E-state index in [1.807, 2.05) is 91.0 Å². The second kappa shape index (κ2) is 21.9. The first-order valence-electron chi connectivity index (χ1n) is 17.3. The van der Waals surface area contributed by atoms with E-state index < -0.39 is 41.9 Å². The summed E-state index contributed by atoms with van der Waals surface area (Å²) in [6, 6.07) is 32.9. The Balaban J connectivity index is 1.29. The van der Waals surface area contributed by atoms with E-state index >= 15 is 0 Å². The van der Waals surface area contributed by atoms with Gasteiger partial charge < -0.3 is 30.2 Å². The van der Waals surface area contributed by atoms with Gasteiger partial charge in [0.2, 0.25) is 11.8 Å². The van der Waals surface area contributed by atoms with Crippen LogP contribution in [0.1, 0.15) is 36.0 Å². The van der Waals surface area contributed by atoms with E-state index in [0.29, 0.717) is 36.4 Å².